The Morgan fingerprint density at radius 3 is 2.38 bits per heavy atom. The van der Waals surface area contributed by atoms with Crippen LogP contribution in [0.1, 0.15) is 73.7 Å². The standard InChI is InChI=1S/C31H36N4O4/c1-31(2,3)39-30(37)34-18-16-26-28-25(32-35(26)24-13-11-23(12-14-24)22-9-10-22)15-17-33(19-27(28)34)29(36)38-20-21-7-5-4-6-8-21/h4-8,11-14,22,27H,9-10,15-20H2,1-3H3. The van der Waals surface area contributed by atoms with Crippen molar-refractivity contribution in [2.75, 3.05) is 19.6 Å². The van der Waals surface area contributed by atoms with Gasteiger partial charge in [-0.2, -0.15) is 5.10 Å². The average molecular weight is 529 g/mol. The van der Waals surface area contributed by atoms with Gasteiger partial charge in [0.05, 0.1) is 23.1 Å². The molecule has 1 atom stereocenters. The molecule has 204 valence electrons. The number of rotatable bonds is 4. The summed E-state index contributed by atoms with van der Waals surface area (Å²) in [5.74, 6) is 0.700. The first-order valence-corrected chi connectivity index (χ1v) is 13.9. The van der Waals surface area contributed by atoms with E-state index < -0.39 is 5.60 Å². The summed E-state index contributed by atoms with van der Waals surface area (Å²) in [5.41, 5.74) is 5.81. The van der Waals surface area contributed by atoms with Gasteiger partial charge in [0.25, 0.3) is 0 Å². The Kier molecular flexibility index (Phi) is 6.57. The number of hydrogen-bond donors (Lipinski definition) is 0. The molecule has 8 heteroatoms. The summed E-state index contributed by atoms with van der Waals surface area (Å²) in [6, 6.07) is 18.0. The number of carbonyl (C=O) groups is 2. The van der Waals surface area contributed by atoms with Crippen molar-refractivity contribution >= 4 is 12.2 Å². The molecule has 1 fully saturated rings. The fourth-order valence-electron chi connectivity index (χ4n) is 5.63. The highest BCUT2D eigenvalue weighted by atomic mass is 16.6. The number of amides is 2. The summed E-state index contributed by atoms with van der Waals surface area (Å²) in [6.45, 7) is 7.11. The van der Waals surface area contributed by atoms with Gasteiger partial charge in [0, 0.05) is 38.0 Å². The number of hydrogen-bond acceptors (Lipinski definition) is 5. The first-order valence-electron chi connectivity index (χ1n) is 13.9. The largest absolute Gasteiger partial charge is 0.445 e. The Balaban J connectivity index is 1.29. The lowest BCUT2D eigenvalue weighted by Gasteiger charge is -2.38. The van der Waals surface area contributed by atoms with E-state index in [0.717, 1.165) is 28.2 Å². The lowest BCUT2D eigenvalue weighted by atomic mass is 9.96. The zero-order valence-corrected chi connectivity index (χ0v) is 22.9. The molecule has 1 aromatic heterocycles. The van der Waals surface area contributed by atoms with E-state index in [-0.39, 0.29) is 24.8 Å². The van der Waals surface area contributed by atoms with Crippen molar-refractivity contribution in [2.45, 2.75) is 70.6 Å². The molecular formula is C31H36N4O4. The highest BCUT2D eigenvalue weighted by Gasteiger charge is 2.41. The smallest absolute Gasteiger partial charge is 0.410 e. The van der Waals surface area contributed by atoms with Crippen LogP contribution in [0, 0.1) is 0 Å². The van der Waals surface area contributed by atoms with Crippen LogP contribution in [0.3, 0.4) is 0 Å². The molecule has 2 aromatic carbocycles. The lowest BCUT2D eigenvalue weighted by molar-refractivity contribution is 0.00941. The van der Waals surface area contributed by atoms with Gasteiger partial charge in [-0.1, -0.05) is 42.5 Å². The van der Waals surface area contributed by atoms with Crippen molar-refractivity contribution in [3.63, 3.8) is 0 Å². The maximum absolute atomic E-state index is 13.4. The molecule has 6 rings (SSSR count). The minimum Gasteiger partial charge on any atom is -0.445 e. The van der Waals surface area contributed by atoms with Gasteiger partial charge < -0.3 is 14.4 Å². The molecule has 1 aliphatic carbocycles. The topological polar surface area (TPSA) is 76.9 Å². The molecule has 3 aromatic rings. The van der Waals surface area contributed by atoms with Crippen LogP contribution in [-0.2, 0) is 28.9 Å². The predicted molar refractivity (Wildman–Crippen MR) is 147 cm³/mol. The Morgan fingerprint density at radius 1 is 0.949 bits per heavy atom. The van der Waals surface area contributed by atoms with Crippen LogP contribution in [0.4, 0.5) is 9.59 Å². The van der Waals surface area contributed by atoms with E-state index in [9.17, 15) is 9.59 Å². The number of carbonyl (C=O) groups excluding carboxylic acids is 2. The molecule has 8 nitrogen and oxygen atoms in total. The summed E-state index contributed by atoms with van der Waals surface area (Å²) in [4.78, 5) is 30.0. The summed E-state index contributed by atoms with van der Waals surface area (Å²) >= 11 is 0. The third-order valence-electron chi connectivity index (χ3n) is 7.69. The molecule has 1 saturated carbocycles. The second-order valence-electron chi connectivity index (χ2n) is 11.8. The SMILES string of the molecule is CC(C)(C)OC(=O)N1CCc2c3c(nn2-c2ccc(C4CC4)cc2)CCN(C(=O)OCc2ccccc2)CC31. The normalized spacial score (nSPS) is 18.8. The predicted octanol–water partition coefficient (Wildman–Crippen LogP) is 5.78. The molecule has 0 N–H and O–H groups in total. The van der Waals surface area contributed by atoms with E-state index >= 15 is 0 Å². The molecular weight excluding hydrogens is 492 g/mol. The Labute approximate surface area is 229 Å². The van der Waals surface area contributed by atoms with Gasteiger partial charge in [0.1, 0.15) is 12.2 Å². The van der Waals surface area contributed by atoms with Gasteiger partial charge in [0.2, 0.25) is 0 Å². The molecule has 2 amide bonds. The molecule has 0 spiro atoms. The first-order chi connectivity index (χ1) is 18.8. The Morgan fingerprint density at radius 2 is 1.69 bits per heavy atom. The van der Waals surface area contributed by atoms with Crippen LogP contribution >= 0.6 is 0 Å². The molecule has 0 radical (unpaired) electrons. The minimum atomic E-state index is -0.618. The van der Waals surface area contributed by atoms with E-state index in [2.05, 4.69) is 24.3 Å². The van der Waals surface area contributed by atoms with Crippen molar-refractivity contribution in [3.05, 3.63) is 82.7 Å². The molecule has 3 aliphatic rings. The van der Waals surface area contributed by atoms with Crippen molar-refractivity contribution in [1.82, 2.24) is 19.6 Å². The zero-order chi connectivity index (χ0) is 27.1. The maximum Gasteiger partial charge on any atom is 0.410 e. The summed E-state index contributed by atoms with van der Waals surface area (Å²) in [7, 11) is 0. The van der Waals surface area contributed by atoms with Crippen LogP contribution in [0.2, 0.25) is 0 Å². The number of ether oxygens (including phenoxy) is 2. The van der Waals surface area contributed by atoms with Crippen LogP contribution in [0.15, 0.2) is 54.6 Å². The fraction of sp³-hybridized carbons (Fsp3) is 0.452. The highest BCUT2D eigenvalue weighted by Crippen LogP contribution is 2.41. The van der Waals surface area contributed by atoms with Gasteiger partial charge in [-0.25, -0.2) is 14.3 Å². The Hall–Kier alpha value is -3.81. The monoisotopic (exact) mass is 528 g/mol. The van der Waals surface area contributed by atoms with Gasteiger partial charge in [0.15, 0.2) is 0 Å². The summed E-state index contributed by atoms with van der Waals surface area (Å²) in [5, 5.41) is 5.05. The molecule has 2 aliphatic heterocycles. The van der Waals surface area contributed by atoms with E-state index in [4.69, 9.17) is 14.6 Å². The number of benzene rings is 2. The molecule has 3 heterocycles. The zero-order valence-electron chi connectivity index (χ0n) is 22.9. The van der Waals surface area contributed by atoms with Crippen molar-refractivity contribution in [2.24, 2.45) is 0 Å². The van der Waals surface area contributed by atoms with Gasteiger partial charge in [-0.15, -0.1) is 0 Å². The third kappa shape index (κ3) is 5.37. The summed E-state index contributed by atoms with van der Waals surface area (Å²) < 4.78 is 13.5. The van der Waals surface area contributed by atoms with Crippen LogP contribution in [0.25, 0.3) is 5.69 Å². The quantitative estimate of drug-likeness (QED) is 0.429. The van der Waals surface area contributed by atoms with Gasteiger partial charge in [-0.3, -0.25) is 4.90 Å². The molecule has 0 saturated heterocycles. The van der Waals surface area contributed by atoms with Gasteiger partial charge >= 0.3 is 12.2 Å². The lowest BCUT2D eigenvalue weighted by Crippen LogP contribution is -2.47. The van der Waals surface area contributed by atoms with E-state index in [1.54, 1.807) is 9.80 Å². The fourth-order valence-corrected chi connectivity index (χ4v) is 5.63. The number of aromatic nitrogens is 2. The van der Waals surface area contributed by atoms with Crippen molar-refractivity contribution in [1.29, 1.82) is 0 Å². The number of nitrogens with zero attached hydrogens (tertiary/aromatic N) is 4. The maximum atomic E-state index is 13.4. The Bertz CT molecular complexity index is 1360. The highest BCUT2D eigenvalue weighted by molar-refractivity contribution is 5.71. The van der Waals surface area contributed by atoms with Gasteiger partial charge in [-0.05, 0) is 62.8 Å². The van der Waals surface area contributed by atoms with Crippen molar-refractivity contribution < 1.29 is 19.1 Å². The van der Waals surface area contributed by atoms with E-state index in [0.29, 0.717) is 38.4 Å². The first kappa shape index (κ1) is 25.5. The second-order valence-corrected chi connectivity index (χ2v) is 11.8. The third-order valence-corrected chi connectivity index (χ3v) is 7.69. The van der Waals surface area contributed by atoms with E-state index in [1.807, 2.05) is 55.8 Å². The molecule has 1 unspecified atom stereocenters. The second kappa shape index (κ2) is 10.1. The molecule has 0 bridgehead atoms. The average Bonchev–Trinajstić information content (AvgIpc) is 3.72. The molecule has 39 heavy (non-hydrogen) atoms. The van der Waals surface area contributed by atoms with Crippen LogP contribution in [-0.4, -0.2) is 57.0 Å². The van der Waals surface area contributed by atoms with E-state index in [1.165, 1.54) is 18.4 Å². The van der Waals surface area contributed by atoms with Crippen LogP contribution in [0.5, 0.6) is 0 Å². The summed E-state index contributed by atoms with van der Waals surface area (Å²) in [6.07, 6.45) is 3.05. The van der Waals surface area contributed by atoms with Crippen molar-refractivity contribution in [3.8, 4) is 5.69 Å². The van der Waals surface area contributed by atoms with Crippen LogP contribution < -0.4 is 0 Å². The minimum absolute atomic E-state index is 0.205.